The molecular formula is C22H13Cl2N3O. The quantitative estimate of drug-likeness (QED) is 0.453. The second-order valence-electron chi connectivity index (χ2n) is 6.15. The van der Waals surface area contributed by atoms with Crippen molar-refractivity contribution in [2.24, 2.45) is 0 Å². The molecule has 0 fully saturated rings. The number of hydrogen-bond donors (Lipinski definition) is 0. The van der Waals surface area contributed by atoms with Crippen LogP contribution in [0.3, 0.4) is 0 Å². The Balaban J connectivity index is 1.99. The van der Waals surface area contributed by atoms with Gasteiger partial charge < -0.3 is 0 Å². The molecule has 136 valence electrons. The van der Waals surface area contributed by atoms with Gasteiger partial charge in [0.15, 0.2) is 0 Å². The molecule has 0 bridgehead atoms. The highest BCUT2D eigenvalue weighted by molar-refractivity contribution is 6.30. The van der Waals surface area contributed by atoms with Gasteiger partial charge in [-0.25, -0.2) is 4.79 Å². The Hall–Kier alpha value is -3.26. The lowest BCUT2D eigenvalue weighted by molar-refractivity contribution is 0.911. The van der Waals surface area contributed by atoms with E-state index in [1.54, 1.807) is 82.1 Å². The first kappa shape index (κ1) is 18.1. The van der Waals surface area contributed by atoms with E-state index in [2.05, 4.69) is 6.07 Å². The normalized spacial score (nSPS) is 10.6. The predicted molar refractivity (Wildman–Crippen MR) is 112 cm³/mol. The third kappa shape index (κ3) is 3.34. The summed E-state index contributed by atoms with van der Waals surface area (Å²) in [7, 11) is 0. The molecule has 0 amide bonds. The molecule has 0 aliphatic carbocycles. The Labute approximate surface area is 171 Å². The molecule has 28 heavy (non-hydrogen) atoms. The summed E-state index contributed by atoms with van der Waals surface area (Å²) in [5, 5.41) is 10.4. The van der Waals surface area contributed by atoms with Crippen LogP contribution in [-0.2, 0) is 0 Å². The molecule has 1 heterocycles. The van der Waals surface area contributed by atoms with Gasteiger partial charge in [0.1, 0.15) is 0 Å². The Morgan fingerprint density at radius 3 is 2.04 bits per heavy atom. The van der Waals surface area contributed by atoms with E-state index in [9.17, 15) is 10.1 Å². The van der Waals surface area contributed by atoms with Crippen molar-refractivity contribution in [3.05, 3.63) is 105 Å². The van der Waals surface area contributed by atoms with E-state index in [-0.39, 0.29) is 5.69 Å². The first-order chi connectivity index (χ1) is 13.6. The second kappa shape index (κ2) is 7.40. The number of rotatable bonds is 3. The smallest absolute Gasteiger partial charge is 0.267 e. The number of benzene rings is 3. The summed E-state index contributed by atoms with van der Waals surface area (Å²) in [5.41, 5.74) is 3.09. The fourth-order valence-corrected chi connectivity index (χ4v) is 3.28. The molecule has 0 aliphatic heterocycles. The van der Waals surface area contributed by atoms with Crippen molar-refractivity contribution in [1.29, 1.82) is 5.26 Å². The van der Waals surface area contributed by atoms with Gasteiger partial charge in [-0.05, 0) is 60.7 Å². The Kier molecular flexibility index (Phi) is 4.79. The van der Waals surface area contributed by atoms with Crippen LogP contribution >= 0.6 is 23.2 Å². The number of halogens is 2. The Morgan fingerprint density at radius 1 is 0.821 bits per heavy atom. The van der Waals surface area contributed by atoms with Gasteiger partial charge in [-0.15, -0.1) is 0 Å². The number of aromatic nitrogens is 2. The summed E-state index contributed by atoms with van der Waals surface area (Å²) in [6.07, 6.45) is 1.76. The van der Waals surface area contributed by atoms with Crippen LogP contribution in [0.25, 0.3) is 22.6 Å². The van der Waals surface area contributed by atoms with Crippen LogP contribution in [-0.4, -0.2) is 9.13 Å². The van der Waals surface area contributed by atoms with E-state index >= 15 is 0 Å². The summed E-state index contributed by atoms with van der Waals surface area (Å²) in [4.78, 5) is 13.3. The van der Waals surface area contributed by atoms with Crippen molar-refractivity contribution < 1.29 is 0 Å². The minimum absolute atomic E-state index is 0.234. The average molecular weight is 406 g/mol. The first-order valence-electron chi connectivity index (χ1n) is 8.43. The van der Waals surface area contributed by atoms with Crippen molar-refractivity contribution >= 4 is 23.2 Å². The fraction of sp³-hybridized carbons (Fsp3) is 0. The maximum absolute atomic E-state index is 13.3. The lowest BCUT2D eigenvalue weighted by Gasteiger charge is -2.08. The average Bonchev–Trinajstić information content (AvgIpc) is 3.06. The summed E-state index contributed by atoms with van der Waals surface area (Å²) in [5.74, 6) is 0. The molecule has 3 aromatic carbocycles. The molecule has 0 saturated carbocycles. The van der Waals surface area contributed by atoms with Crippen LogP contribution < -0.4 is 5.69 Å². The summed E-state index contributed by atoms with van der Waals surface area (Å²) in [6, 6.07) is 23.4. The zero-order valence-electron chi connectivity index (χ0n) is 14.5. The lowest BCUT2D eigenvalue weighted by atomic mass is 10.1. The van der Waals surface area contributed by atoms with Crippen LogP contribution in [0, 0.1) is 11.3 Å². The summed E-state index contributed by atoms with van der Waals surface area (Å²) in [6.45, 7) is 0. The summed E-state index contributed by atoms with van der Waals surface area (Å²) >= 11 is 12.0. The van der Waals surface area contributed by atoms with E-state index in [4.69, 9.17) is 23.2 Å². The number of nitrogens with zero attached hydrogens (tertiary/aromatic N) is 3. The van der Waals surface area contributed by atoms with Crippen LogP contribution in [0.2, 0.25) is 10.0 Å². The van der Waals surface area contributed by atoms with Crippen molar-refractivity contribution in [3.8, 4) is 28.7 Å². The predicted octanol–water partition coefficient (Wildman–Crippen LogP) is 5.47. The molecular weight excluding hydrogens is 393 g/mol. The highest BCUT2D eigenvalue weighted by Gasteiger charge is 2.16. The standard InChI is InChI=1S/C22H13Cl2N3O/c23-17-4-8-19(9-5-17)26-14-21(16-3-1-2-15(12-16)13-25)27(22(26)28)20-10-6-18(24)7-11-20/h1-12,14H. The van der Waals surface area contributed by atoms with Crippen LogP contribution in [0.4, 0.5) is 0 Å². The van der Waals surface area contributed by atoms with Gasteiger partial charge in [0, 0.05) is 21.8 Å². The maximum atomic E-state index is 13.3. The second-order valence-corrected chi connectivity index (χ2v) is 7.02. The van der Waals surface area contributed by atoms with Crippen molar-refractivity contribution in [3.63, 3.8) is 0 Å². The molecule has 6 heteroatoms. The molecule has 0 unspecified atom stereocenters. The molecule has 4 rings (SSSR count). The number of nitriles is 1. The number of imidazole rings is 1. The van der Waals surface area contributed by atoms with Gasteiger partial charge >= 0.3 is 5.69 Å². The number of hydrogen-bond acceptors (Lipinski definition) is 2. The van der Waals surface area contributed by atoms with Crippen LogP contribution in [0.5, 0.6) is 0 Å². The van der Waals surface area contributed by atoms with E-state index in [1.807, 2.05) is 6.07 Å². The SMILES string of the molecule is N#Cc1cccc(-c2cn(-c3ccc(Cl)cc3)c(=O)n2-c2ccc(Cl)cc2)c1. The van der Waals surface area contributed by atoms with E-state index in [0.29, 0.717) is 32.7 Å². The van der Waals surface area contributed by atoms with Crippen LogP contribution in [0.1, 0.15) is 5.56 Å². The minimum Gasteiger partial charge on any atom is -0.267 e. The third-order valence-corrected chi connectivity index (χ3v) is 4.87. The molecule has 1 aromatic heterocycles. The van der Waals surface area contributed by atoms with Crippen molar-refractivity contribution in [2.45, 2.75) is 0 Å². The zero-order valence-corrected chi connectivity index (χ0v) is 16.0. The Morgan fingerprint density at radius 2 is 1.43 bits per heavy atom. The van der Waals surface area contributed by atoms with Gasteiger partial charge in [0.2, 0.25) is 0 Å². The minimum atomic E-state index is -0.234. The molecule has 0 N–H and O–H groups in total. The third-order valence-electron chi connectivity index (χ3n) is 4.37. The molecule has 0 atom stereocenters. The largest absolute Gasteiger partial charge is 0.337 e. The van der Waals surface area contributed by atoms with Crippen molar-refractivity contribution in [2.75, 3.05) is 0 Å². The van der Waals surface area contributed by atoms with Gasteiger partial charge in [-0.2, -0.15) is 5.26 Å². The van der Waals surface area contributed by atoms with Gasteiger partial charge in [0.05, 0.1) is 28.7 Å². The molecule has 0 saturated heterocycles. The first-order valence-corrected chi connectivity index (χ1v) is 9.19. The zero-order chi connectivity index (χ0) is 19.7. The maximum Gasteiger partial charge on any atom is 0.337 e. The molecule has 4 nitrogen and oxygen atoms in total. The van der Waals surface area contributed by atoms with Crippen molar-refractivity contribution in [1.82, 2.24) is 9.13 Å². The highest BCUT2D eigenvalue weighted by atomic mass is 35.5. The summed E-state index contributed by atoms with van der Waals surface area (Å²) < 4.78 is 3.15. The monoisotopic (exact) mass is 405 g/mol. The molecule has 0 radical (unpaired) electrons. The lowest BCUT2D eigenvalue weighted by Crippen LogP contribution is -2.22. The van der Waals surface area contributed by atoms with Gasteiger partial charge in [-0.3, -0.25) is 9.13 Å². The fourth-order valence-electron chi connectivity index (χ4n) is 3.02. The van der Waals surface area contributed by atoms with E-state index in [0.717, 1.165) is 5.56 Å². The van der Waals surface area contributed by atoms with Gasteiger partial charge in [-0.1, -0.05) is 35.3 Å². The van der Waals surface area contributed by atoms with E-state index < -0.39 is 0 Å². The topological polar surface area (TPSA) is 50.7 Å². The van der Waals surface area contributed by atoms with Gasteiger partial charge in [0.25, 0.3) is 0 Å². The van der Waals surface area contributed by atoms with Crippen LogP contribution in [0.15, 0.2) is 83.8 Å². The molecule has 0 aliphatic rings. The molecule has 4 aromatic rings. The van der Waals surface area contributed by atoms with E-state index in [1.165, 1.54) is 0 Å². The highest BCUT2D eigenvalue weighted by Crippen LogP contribution is 2.25. The Bertz CT molecular complexity index is 1250. The molecule has 0 spiro atoms.